The lowest BCUT2D eigenvalue weighted by Crippen LogP contribution is -2.29. The van der Waals surface area contributed by atoms with Gasteiger partial charge in [-0.2, -0.15) is 0 Å². The second-order valence-electron chi connectivity index (χ2n) is 5.17. The molecule has 0 unspecified atom stereocenters. The highest BCUT2D eigenvalue weighted by Crippen LogP contribution is 2.05. The molecule has 2 rings (SSSR count). The topological polar surface area (TPSA) is 20.3 Å². The Balaban J connectivity index is 2.11. The number of carbonyl (C=O) groups excluding carboxylic acids is 1. The Morgan fingerprint density at radius 1 is 1.00 bits per heavy atom. The molecule has 2 heteroatoms. The van der Waals surface area contributed by atoms with Gasteiger partial charge in [-0.1, -0.05) is 73.5 Å². The molecule has 0 N–H and O–H groups in total. The van der Waals surface area contributed by atoms with Crippen molar-refractivity contribution in [3.8, 4) is 11.8 Å². The maximum absolute atomic E-state index is 12.4. The quantitative estimate of drug-likeness (QED) is 0.603. The van der Waals surface area contributed by atoms with Gasteiger partial charge in [0.1, 0.15) is 0 Å². The van der Waals surface area contributed by atoms with Crippen molar-refractivity contribution in [2.24, 2.45) is 0 Å². The Hall–Kier alpha value is -2.79. The minimum absolute atomic E-state index is 0.154. The van der Waals surface area contributed by atoms with Crippen LogP contribution in [0.2, 0.25) is 0 Å². The van der Waals surface area contributed by atoms with Gasteiger partial charge in [-0.05, 0) is 24.1 Å². The molecule has 0 heterocycles. The standard InChI is InChI=1S/C21H21NO/c1-2-3-10-17-22(18-20-13-8-5-9-14-20)21(23)16-15-19-11-6-4-7-12-19/h3-14H,2,17-18H2,1H3/b10-3-. The predicted molar refractivity (Wildman–Crippen MR) is 94.6 cm³/mol. The Kier molecular flexibility index (Phi) is 6.68. The first-order valence-electron chi connectivity index (χ1n) is 7.84. The molecule has 0 aromatic heterocycles. The van der Waals surface area contributed by atoms with Gasteiger partial charge in [-0.3, -0.25) is 4.79 Å². The van der Waals surface area contributed by atoms with Crippen molar-refractivity contribution in [2.75, 3.05) is 6.54 Å². The molecule has 0 saturated carbocycles. The minimum Gasteiger partial charge on any atom is -0.324 e. The third kappa shape index (κ3) is 5.84. The summed E-state index contributed by atoms with van der Waals surface area (Å²) in [5.41, 5.74) is 1.96. The van der Waals surface area contributed by atoms with Crippen molar-refractivity contribution in [1.29, 1.82) is 0 Å². The number of rotatable bonds is 5. The van der Waals surface area contributed by atoms with E-state index in [4.69, 9.17) is 0 Å². The average molecular weight is 303 g/mol. The molecule has 2 nitrogen and oxygen atoms in total. The Bertz CT molecular complexity index is 693. The van der Waals surface area contributed by atoms with E-state index in [1.165, 1.54) is 0 Å². The summed E-state index contributed by atoms with van der Waals surface area (Å²) in [6, 6.07) is 19.6. The number of carbonyl (C=O) groups is 1. The highest BCUT2D eigenvalue weighted by Gasteiger charge is 2.10. The Labute approximate surface area is 138 Å². The van der Waals surface area contributed by atoms with E-state index in [0.29, 0.717) is 13.1 Å². The van der Waals surface area contributed by atoms with E-state index in [9.17, 15) is 4.79 Å². The fourth-order valence-electron chi connectivity index (χ4n) is 2.12. The summed E-state index contributed by atoms with van der Waals surface area (Å²) in [4.78, 5) is 14.2. The Morgan fingerprint density at radius 2 is 1.65 bits per heavy atom. The molecule has 23 heavy (non-hydrogen) atoms. The smallest absolute Gasteiger partial charge is 0.299 e. The van der Waals surface area contributed by atoms with Crippen molar-refractivity contribution < 1.29 is 4.79 Å². The minimum atomic E-state index is -0.154. The fourth-order valence-corrected chi connectivity index (χ4v) is 2.12. The molecule has 0 bridgehead atoms. The van der Waals surface area contributed by atoms with Gasteiger partial charge in [0.25, 0.3) is 5.91 Å². The van der Waals surface area contributed by atoms with E-state index in [-0.39, 0.29) is 5.91 Å². The normalized spacial score (nSPS) is 10.1. The van der Waals surface area contributed by atoms with E-state index < -0.39 is 0 Å². The third-order valence-corrected chi connectivity index (χ3v) is 3.32. The zero-order valence-corrected chi connectivity index (χ0v) is 13.4. The van der Waals surface area contributed by atoms with Crippen molar-refractivity contribution >= 4 is 5.91 Å². The van der Waals surface area contributed by atoms with E-state index in [1.807, 2.05) is 66.7 Å². The van der Waals surface area contributed by atoms with Gasteiger partial charge in [0.2, 0.25) is 0 Å². The second kappa shape index (κ2) is 9.27. The summed E-state index contributed by atoms with van der Waals surface area (Å²) in [6.45, 7) is 3.22. The summed E-state index contributed by atoms with van der Waals surface area (Å²) in [5.74, 6) is 5.53. The van der Waals surface area contributed by atoms with Crippen LogP contribution in [0.3, 0.4) is 0 Å². The van der Waals surface area contributed by atoms with Crippen LogP contribution in [0.5, 0.6) is 0 Å². The van der Waals surface area contributed by atoms with Crippen molar-refractivity contribution in [3.05, 3.63) is 83.9 Å². The van der Waals surface area contributed by atoms with Gasteiger partial charge in [-0.25, -0.2) is 0 Å². The van der Waals surface area contributed by atoms with Crippen LogP contribution in [0.15, 0.2) is 72.8 Å². The van der Waals surface area contributed by atoms with Gasteiger partial charge in [0.15, 0.2) is 0 Å². The molecule has 0 atom stereocenters. The molecule has 1 amide bonds. The van der Waals surface area contributed by atoms with Crippen LogP contribution < -0.4 is 0 Å². The first-order valence-corrected chi connectivity index (χ1v) is 7.84. The largest absolute Gasteiger partial charge is 0.324 e. The average Bonchev–Trinajstić information content (AvgIpc) is 2.61. The van der Waals surface area contributed by atoms with Crippen LogP contribution in [0.4, 0.5) is 0 Å². The first-order chi connectivity index (χ1) is 11.3. The highest BCUT2D eigenvalue weighted by atomic mass is 16.2. The summed E-state index contributed by atoms with van der Waals surface area (Å²) in [6.07, 6.45) is 5.05. The van der Waals surface area contributed by atoms with Crippen LogP contribution in [0, 0.1) is 11.8 Å². The van der Waals surface area contributed by atoms with Crippen molar-refractivity contribution in [3.63, 3.8) is 0 Å². The number of allylic oxidation sites excluding steroid dienone is 1. The molecule has 0 aliphatic carbocycles. The second-order valence-corrected chi connectivity index (χ2v) is 5.17. The molecule has 0 aliphatic heterocycles. The first kappa shape index (κ1) is 16.6. The lowest BCUT2D eigenvalue weighted by Gasteiger charge is -2.18. The molecule has 0 saturated heterocycles. The summed E-state index contributed by atoms with van der Waals surface area (Å²) in [5, 5.41) is 0. The maximum Gasteiger partial charge on any atom is 0.299 e. The lowest BCUT2D eigenvalue weighted by atomic mass is 10.2. The molecule has 0 aliphatic rings. The molecule has 0 fully saturated rings. The zero-order valence-electron chi connectivity index (χ0n) is 13.4. The molecule has 0 radical (unpaired) electrons. The number of benzene rings is 2. The molecular weight excluding hydrogens is 282 g/mol. The van der Waals surface area contributed by atoms with Gasteiger partial charge in [-0.15, -0.1) is 0 Å². The van der Waals surface area contributed by atoms with E-state index in [1.54, 1.807) is 4.90 Å². The fraction of sp³-hybridized carbons (Fsp3) is 0.190. The van der Waals surface area contributed by atoms with Gasteiger partial charge < -0.3 is 4.90 Å². The summed E-state index contributed by atoms with van der Waals surface area (Å²) < 4.78 is 0. The van der Waals surface area contributed by atoms with Crippen molar-refractivity contribution in [1.82, 2.24) is 4.90 Å². The summed E-state index contributed by atoms with van der Waals surface area (Å²) >= 11 is 0. The van der Waals surface area contributed by atoms with Crippen LogP contribution >= 0.6 is 0 Å². The van der Waals surface area contributed by atoms with E-state index in [2.05, 4.69) is 24.8 Å². The van der Waals surface area contributed by atoms with Crippen LogP contribution in [-0.4, -0.2) is 17.4 Å². The number of nitrogens with zero attached hydrogens (tertiary/aromatic N) is 1. The SMILES string of the molecule is CC/C=C\CN(Cc1ccccc1)C(=O)C#Cc1ccccc1. The van der Waals surface area contributed by atoms with Crippen LogP contribution in [0.1, 0.15) is 24.5 Å². The molecule has 0 spiro atoms. The molecule has 116 valence electrons. The number of hydrogen-bond donors (Lipinski definition) is 0. The zero-order chi connectivity index (χ0) is 16.3. The number of amides is 1. The van der Waals surface area contributed by atoms with Gasteiger partial charge >= 0.3 is 0 Å². The van der Waals surface area contributed by atoms with Gasteiger partial charge in [0, 0.05) is 24.6 Å². The molecule has 2 aromatic carbocycles. The van der Waals surface area contributed by atoms with Crippen molar-refractivity contribution in [2.45, 2.75) is 19.9 Å². The summed E-state index contributed by atoms with van der Waals surface area (Å²) in [7, 11) is 0. The molecule has 2 aromatic rings. The highest BCUT2D eigenvalue weighted by molar-refractivity contribution is 5.94. The predicted octanol–water partition coefficient (Wildman–Crippen LogP) is 4.03. The van der Waals surface area contributed by atoms with Gasteiger partial charge in [0.05, 0.1) is 0 Å². The lowest BCUT2D eigenvalue weighted by molar-refractivity contribution is -0.125. The monoisotopic (exact) mass is 303 g/mol. The maximum atomic E-state index is 12.4. The number of hydrogen-bond acceptors (Lipinski definition) is 1. The van der Waals surface area contributed by atoms with E-state index >= 15 is 0 Å². The van der Waals surface area contributed by atoms with E-state index in [0.717, 1.165) is 17.5 Å². The van der Waals surface area contributed by atoms with Crippen LogP contribution in [-0.2, 0) is 11.3 Å². The third-order valence-electron chi connectivity index (χ3n) is 3.32. The Morgan fingerprint density at radius 3 is 2.30 bits per heavy atom. The molecular formula is C21H21NO. The van der Waals surface area contributed by atoms with Crippen LogP contribution in [0.25, 0.3) is 0 Å².